The highest BCUT2D eigenvalue weighted by Gasteiger charge is 2.42. The summed E-state index contributed by atoms with van der Waals surface area (Å²) in [4.78, 5) is 0. The van der Waals surface area contributed by atoms with Crippen molar-refractivity contribution >= 4 is 0 Å². The number of hydrogen-bond donors (Lipinski definition) is 2. The van der Waals surface area contributed by atoms with Gasteiger partial charge in [0.2, 0.25) is 0 Å². The molecule has 3 nitrogen and oxygen atoms in total. The van der Waals surface area contributed by atoms with E-state index in [9.17, 15) is 5.11 Å². The van der Waals surface area contributed by atoms with Gasteiger partial charge in [-0.2, -0.15) is 0 Å². The van der Waals surface area contributed by atoms with E-state index in [2.05, 4.69) is 5.32 Å². The quantitative estimate of drug-likeness (QED) is 0.688. The molecule has 3 aliphatic rings. The van der Waals surface area contributed by atoms with Crippen LogP contribution in [0.2, 0.25) is 0 Å². The van der Waals surface area contributed by atoms with Crippen LogP contribution in [0.3, 0.4) is 0 Å². The van der Waals surface area contributed by atoms with Gasteiger partial charge < -0.3 is 15.2 Å². The van der Waals surface area contributed by atoms with Crippen LogP contribution in [0.1, 0.15) is 38.5 Å². The van der Waals surface area contributed by atoms with Gasteiger partial charge in [-0.25, -0.2) is 0 Å². The molecule has 2 bridgehead atoms. The second-order valence-corrected chi connectivity index (χ2v) is 4.99. The first-order chi connectivity index (χ1) is 6.83. The van der Waals surface area contributed by atoms with Crippen molar-refractivity contribution in [2.45, 2.75) is 68.9 Å². The molecular formula is C11H19NO2. The third-order valence-corrected chi connectivity index (χ3v) is 4.01. The lowest BCUT2D eigenvalue weighted by Gasteiger charge is -2.26. The minimum absolute atomic E-state index is 0.117. The minimum atomic E-state index is -0.117. The van der Waals surface area contributed by atoms with E-state index in [1.807, 2.05) is 0 Å². The molecule has 14 heavy (non-hydrogen) atoms. The highest BCUT2D eigenvalue weighted by Crippen LogP contribution is 2.35. The molecule has 5 atom stereocenters. The predicted molar refractivity (Wildman–Crippen MR) is 53.1 cm³/mol. The molecule has 2 N–H and O–H groups in total. The van der Waals surface area contributed by atoms with Crippen LogP contribution in [-0.4, -0.2) is 35.5 Å². The summed E-state index contributed by atoms with van der Waals surface area (Å²) in [6.07, 6.45) is 7.72. The molecule has 3 heteroatoms. The largest absolute Gasteiger partial charge is 0.392 e. The second-order valence-electron chi connectivity index (χ2n) is 4.99. The SMILES string of the molecule is O[C@H]1CCC[C@@H]1NC1CC2CCC1O2. The average Bonchev–Trinajstić information content (AvgIpc) is 2.83. The topological polar surface area (TPSA) is 41.5 Å². The Morgan fingerprint density at radius 3 is 2.57 bits per heavy atom. The molecule has 0 aromatic carbocycles. The summed E-state index contributed by atoms with van der Waals surface area (Å²) in [5.41, 5.74) is 0. The van der Waals surface area contributed by atoms with Crippen LogP contribution < -0.4 is 5.32 Å². The highest BCUT2D eigenvalue weighted by atomic mass is 16.5. The summed E-state index contributed by atoms with van der Waals surface area (Å²) in [5, 5.41) is 13.3. The molecule has 1 saturated carbocycles. The van der Waals surface area contributed by atoms with E-state index in [1.54, 1.807) is 0 Å². The maximum Gasteiger partial charge on any atom is 0.0733 e. The Labute approximate surface area is 84.8 Å². The predicted octanol–water partition coefficient (Wildman–Crippen LogP) is 0.809. The van der Waals surface area contributed by atoms with E-state index in [1.165, 1.54) is 19.3 Å². The summed E-state index contributed by atoms with van der Waals surface area (Å²) >= 11 is 0. The average molecular weight is 197 g/mol. The fourth-order valence-electron chi connectivity index (χ4n) is 3.22. The van der Waals surface area contributed by atoms with Crippen LogP contribution in [0.25, 0.3) is 0 Å². The van der Waals surface area contributed by atoms with Gasteiger partial charge in [0.25, 0.3) is 0 Å². The summed E-state index contributed by atoms with van der Waals surface area (Å²) in [6.45, 7) is 0. The van der Waals surface area contributed by atoms with Crippen LogP contribution in [0, 0.1) is 0 Å². The molecule has 3 fully saturated rings. The number of ether oxygens (including phenoxy) is 1. The van der Waals surface area contributed by atoms with Crippen LogP contribution in [0.15, 0.2) is 0 Å². The fraction of sp³-hybridized carbons (Fsp3) is 1.00. The summed E-state index contributed by atoms with van der Waals surface area (Å²) in [5.74, 6) is 0. The molecule has 1 aliphatic carbocycles. The lowest BCUT2D eigenvalue weighted by molar-refractivity contribution is 0.0894. The van der Waals surface area contributed by atoms with E-state index < -0.39 is 0 Å². The first-order valence-corrected chi connectivity index (χ1v) is 5.92. The van der Waals surface area contributed by atoms with Crippen molar-refractivity contribution in [2.75, 3.05) is 0 Å². The summed E-state index contributed by atoms with van der Waals surface area (Å²) in [7, 11) is 0. The Kier molecular flexibility index (Phi) is 2.26. The van der Waals surface area contributed by atoms with Gasteiger partial charge in [0, 0.05) is 12.1 Å². The summed E-state index contributed by atoms with van der Waals surface area (Å²) < 4.78 is 5.79. The van der Waals surface area contributed by atoms with Crippen molar-refractivity contribution < 1.29 is 9.84 Å². The van der Waals surface area contributed by atoms with Crippen molar-refractivity contribution in [3.63, 3.8) is 0 Å². The molecule has 0 aromatic rings. The van der Waals surface area contributed by atoms with Crippen LogP contribution in [-0.2, 0) is 4.74 Å². The third kappa shape index (κ3) is 1.47. The zero-order valence-corrected chi connectivity index (χ0v) is 8.48. The molecule has 0 aromatic heterocycles. The molecule has 0 amide bonds. The molecule has 80 valence electrons. The van der Waals surface area contributed by atoms with Gasteiger partial charge >= 0.3 is 0 Å². The van der Waals surface area contributed by atoms with Gasteiger partial charge in [-0.05, 0) is 38.5 Å². The molecule has 2 aliphatic heterocycles. The van der Waals surface area contributed by atoms with Crippen molar-refractivity contribution in [1.29, 1.82) is 0 Å². The standard InChI is InChI=1S/C11H19NO2/c13-10-3-1-2-8(10)12-9-6-7-4-5-11(9)14-7/h7-13H,1-6H2/t7?,8-,9?,10-,11?/m0/s1. The maximum absolute atomic E-state index is 9.72. The number of hydrogen-bond acceptors (Lipinski definition) is 3. The lowest BCUT2D eigenvalue weighted by atomic mass is 9.94. The number of nitrogens with one attached hydrogen (secondary N) is 1. The zero-order chi connectivity index (χ0) is 9.54. The van der Waals surface area contributed by atoms with Gasteiger partial charge in [-0.1, -0.05) is 0 Å². The van der Waals surface area contributed by atoms with Crippen molar-refractivity contribution in [2.24, 2.45) is 0 Å². The lowest BCUT2D eigenvalue weighted by Crippen LogP contribution is -2.46. The first kappa shape index (κ1) is 9.13. The van der Waals surface area contributed by atoms with Crippen molar-refractivity contribution in [1.82, 2.24) is 5.32 Å². The Morgan fingerprint density at radius 2 is 2.00 bits per heavy atom. The van der Waals surface area contributed by atoms with E-state index in [0.717, 1.165) is 19.3 Å². The normalized spacial score (nSPS) is 51.6. The zero-order valence-electron chi connectivity index (χ0n) is 8.48. The Morgan fingerprint density at radius 1 is 1.07 bits per heavy atom. The fourth-order valence-corrected chi connectivity index (χ4v) is 3.22. The van der Waals surface area contributed by atoms with Gasteiger partial charge in [0.05, 0.1) is 18.3 Å². The van der Waals surface area contributed by atoms with Crippen LogP contribution in [0.4, 0.5) is 0 Å². The Hall–Kier alpha value is -0.120. The van der Waals surface area contributed by atoms with Gasteiger partial charge in [-0.15, -0.1) is 0 Å². The van der Waals surface area contributed by atoms with E-state index in [0.29, 0.717) is 24.3 Å². The van der Waals surface area contributed by atoms with E-state index >= 15 is 0 Å². The minimum Gasteiger partial charge on any atom is -0.392 e. The second kappa shape index (κ2) is 3.47. The van der Waals surface area contributed by atoms with Crippen LogP contribution in [0.5, 0.6) is 0 Å². The molecule has 3 rings (SSSR count). The molecule has 2 saturated heterocycles. The van der Waals surface area contributed by atoms with Crippen LogP contribution >= 0.6 is 0 Å². The van der Waals surface area contributed by atoms with Gasteiger partial charge in [0.15, 0.2) is 0 Å². The maximum atomic E-state index is 9.72. The van der Waals surface area contributed by atoms with E-state index in [4.69, 9.17) is 4.74 Å². The third-order valence-electron chi connectivity index (χ3n) is 4.01. The van der Waals surface area contributed by atoms with Crippen molar-refractivity contribution in [3.8, 4) is 0 Å². The molecular weight excluding hydrogens is 178 g/mol. The Bertz CT molecular complexity index is 221. The number of aliphatic hydroxyl groups is 1. The number of fused-ring (bicyclic) bond motifs is 2. The molecule has 0 radical (unpaired) electrons. The Balaban J connectivity index is 1.57. The number of rotatable bonds is 2. The highest BCUT2D eigenvalue weighted by molar-refractivity contribution is 4.97. The molecule has 3 unspecified atom stereocenters. The molecule has 0 spiro atoms. The van der Waals surface area contributed by atoms with Gasteiger partial charge in [0.1, 0.15) is 0 Å². The smallest absolute Gasteiger partial charge is 0.0733 e. The van der Waals surface area contributed by atoms with Crippen molar-refractivity contribution in [3.05, 3.63) is 0 Å². The first-order valence-electron chi connectivity index (χ1n) is 5.92. The summed E-state index contributed by atoms with van der Waals surface area (Å²) in [6, 6.07) is 0.856. The van der Waals surface area contributed by atoms with Gasteiger partial charge in [-0.3, -0.25) is 0 Å². The monoisotopic (exact) mass is 197 g/mol. The van der Waals surface area contributed by atoms with E-state index in [-0.39, 0.29) is 6.10 Å². The number of aliphatic hydroxyl groups excluding tert-OH is 1. The molecule has 2 heterocycles.